The molecular weight excluding hydrogens is 198 g/mol. The Morgan fingerprint density at radius 1 is 1.71 bits per heavy atom. The van der Waals surface area contributed by atoms with E-state index in [4.69, 9.17) is 6.42 Å². The Morgan fingerprint density at radius 3 is 2.86 bits per heavy atom. The third kappa shape index (κ3) is 2.54. The maximum atomic E-state index is 11.5. The average molecular weight is 209 g/mol. The maximum Gasteiger partial charge on any atom is 0.265 e. The van der Waals surface area contributed by atoms with Gasteiger partial charge in [-0.05, 0) is 17.5 Å². The molecule has 1 atom stereocenters. The molecule has 0 saturated heterocycles. The molecule has 0 spiro atoms. The Labute approximate surface area is 86.9 Å². The zero-order valence-electron chi connectivity index (χ0n) is 8.02. The highest BCUT2D eigenvalue weighted by molar-refractivity contribution is 7.07. The highest BCUT2D eigenvalue weighted by atomic mass is 32.1. The van der Waals surface area contributed by atoms with E-state index in [1.807, 2.05) is 13.8 Å². The van der Waals surface area contributed by atoms with E-state index in [1.54, 1.807) is 0 Å². The van der Waals surface area contributed by atoms with E-state index in [9.17, 15) is 4.79 Å². The highest BCUT2D eigenvalue weighted by Gasteiger charge is 2.15. The summed E-state index contributed by atoms with van der Waals surface area (Å²) in [4.78, 5) is 12.0. The molecule has 4 nitrogen and oxygen atoms in total. The van der Waals surface area contributed by atoms with Crippen molar-refractivity contribution < 1.29 is 4.79 Å². The highest BCUT2D eigenvalue weighted by Crippen LogP contribution is 2.05. The summed E-state index contributed by atoms with van der Waals surface area (Å²) in [5, 5.41) is 6.30. The molecular formula is C9H11N3OS. The molecule has 1 unspecified atom stereocenters. The maximum absolute atomic E-state index is 11.5. The van der Waals surface area contributed by atoms with Crippen molar-refractivity contribution in [2.24, 2.45) is 5.92 Å². The fraction of sp³-hybridized carbons (Fsp3) is 0.444. The van der Waals surface area contributed by atoms with E-state index in [0.717, 1.165) is 11.5 Å². The van der Waals surface area contributed by atoms with Gasteiger partial charge in [-0.3, -0.25) is 4.79 Å². The number of aromatic nitrogens is 2. The summed E-state index contributed by atoms with van der Waals surface area (Å²) in [5.74, 6) is 2.53. The fourth-order valence-corrected chi connectivity index (χ4v) is 1.30. The van der Waals surface area contributed by atoms with Gasteiger partial charge in [0, 0.05) is 0 Å². The minimum absolute atomic E-state index is 0.211. The summed E-state index contributed by atoms with van der Waals surface area (Å²) in [6.45, 7) is 3.91. The van der Waals surface area contributed by atoms with Gasteiger partial charge < -0.3 is 5.32 Å². The number of carbonyl (C=O) groups excluding carboxylic acids is 1. The Bertz CT molecular complexity index is 339. The van der Waals surface area contributed by atoms with Gasteiger partial charge in [0.15, 0.2) is 0 Å². The number of nitrogens with zero attached hydrogens (tertiary/aromatic N) is 2. The Kier molecular flexibility index (Phi) is 3.60. The molecule has 1 heterocycles. The minimum Gasteiger partial charge on any atom is -0.337 e. The van der Waals surface area contributed by atoms with E-state index in [2.05, 4.69) is 20.8 Å². The van der Waals surface area contributed by atoms with Crippen molar-refractivity contribution in [3.05, 3.63) is 11.1 Å². The van der Waals surface area contributed by atoms with Crippen molar-refractivity contribution in [3.8, 4) is 12.3 Å². The molecule has 1 aromatic heterocycles. The first-order chi connectivity index (χ1) is 6.65. The first-order valence-electron chi connectivity index (χ1n) is 4.19. The van der Waals surface area contributed by atoms with Crippen LogP contribution in [-0.4, -0.2) is 21.5 Å². The second kappa shape index (κ2) is 4.72. The Hall–Kier alpha value is -1.41. The van der Waals surface area contributed by atoms with Gasteiger partial charge in [0.05, 0.1) is 12.2 Å². The third-order valence-electron chi connectivity index (χ3n) is 1.72. The van der Waals surface area contributed by atoms with Gasteiger partial charge in [-0.2, -0.15) is 0 Å². The fourth-order valence-electron chi connectivity index (χ4n) is 0.880. The van der Waals surface area contributed by atoms with Gasteiger partial charge in [-0.15, -0.1) is 11.5 Å². The van der Waals surface area contributed by atoms with Crippen LogP contribution in [0.5, 0.6) is 0 Å². The third-order valence-corrected chi connectivity index (χ3v) is 2.38. The standard InChI is InChI=1S/C9H11N3OS/c1-4-7(6(2)3)11-9(13)8-5-10-12-14-8/h1,5-7H,2-3H3,(H,11,13). The van der Waals surface area contributed by atoms with Crippen molar-refractivity contribution in [3.63, 3.8) is 0 Å². The van der Waals surface area contributed by atoms with Crippen LogP contribution in [0.15, 0.2) is 6.20 Å². The molecule has 1 aromatic rings. The van der Waals surface area contributed by atoms with Crippen molar-refractivity contribution in [1.29, 1.82) is 0 Å². The zero-order valence-corrected chi connectivity index (χ0v) is 8.84. The van der Waals surface area contributed by atoms with Gasteiger partial charge in [0.1, 0.15) is 4.88 Å². The van der Waals surface area contributed by atoms with E-state index in [1.165, 1.54) is 6.20 Å². The lowest BCUT2D eigenvalue weighted by molar-refractivity contribution is 0.0942. The van der Waals surface area contributed by atoms with Crippen LogP contribution in [0.2, 0.25) is 0 Å². The molecule has 0 aromatic carbocycles. The summed E-state index contributed by atoms with van der Waals surface area (Å²) in [6.07, 6.45) is 6.71. The minimum atomic E-state index is -0.246. The summed E-state index contributed by atoms with van der Waals surface area (Å²) < 4.78 is 3.60. The quantitative estimate of drug-likeness (QED) is 0.753. The number of carbonyl (C=O) groups is 1. The van der Waals surface area contributed by atoms with Crippen molar-refractivity contribution in [1.82, 2.24) is 14.9 Å². The lowest BCUT2D eigenvalue weighted by Gasteiger charge is -2.15. The molecule has 5 heteroatoms. The van der Waals surface area contributed by atoms with Gasteiger partial charge >= 0.3 is 0 Å². The van der Waals surface area contributed by atoms with Crippen LogP contribution in [0.4, 0.5) is 0 Å². The molecule has 0 aliphatic rings. The molecule has 0 saturated carbocycles. The predicted octanol–water partition coefficient (Wildman–Crippen LogP) is 0.926. The molecule has 74 valence electrons. The van der Waals surface area contributed by atoms with Gasteiger partial charge in [0.25, 0.3) is 5.91 Å². The average Bonchev–Trinajstić information content (AvgIpc) is 2.65. The largest absolute Gasteiger partial charge is 0.337 e. The molecule has 0 aliphatic heterocycles. The van der Waals surface area contributed by atoms with Gasteiger partial charge in [0.2, 0.25) is 0 Å². The summed E-state index contributed by atoms with van der Waals surface area (Å²) in [7, 11) is 0. The molecule has 0 bridgehead atoms. The molecule has 0 radical (unpaired) electrons. The van der Waals surface area contributed by atoms with Crippen molar-refractivity contribution in [2.75, 3.05) is 0 Å². The smallest absolute Gasteiger partial charge is 0.265 e. The van der Waals surface area contributed by atoms with Crippen LogP contribution in [0.1, 0.15) is 23.5 Å². The van der Waals surface area contributed by atoms with Crippen molar-refractivity contribution >= 4 is 17.4 Å². The lowest BCUT2D eigenvalue weighted by atomic mass is 10.1. The molecule has 0 fully saturated rings. The number of hydrogen-bond acceptors (Lipinski definition) is 4. The van der Waals surface area contributed by atoms with E-state index in [-0.39, 0.29) is 17.9 Å². The number of hydrogen-bond donors (Lipinski definition) is 1. The van der Waals surface area contributed by atoms with E-state index < -0.39 is 0 Å². The molecule has 1 rings (SSSR count). The Balaban J connectivity index is 2.61. The lowest BCUT2D eigenvalue weighted by Crippen LogP contribution is -2.36. The van der Waals surface area contributed by atoms with Crippen LogP contribution in [-0.2, 0) is 0 Å². The second-order valence-corrected chi connectivity index (χ2v) is 3.93. The monoisotopic (exact) mass is 209 g/mol. The normalized spacial score (nSPS) is 12.1. The number of terminal acetylenes is 1. The van der Waals surface area contributed by atoms with Crippen LogP contribution >= 0.6 is 11.5 Å². The van der Waals surface area contributed by atoms with Gasteiger partial charge in [-0.1, -0.05) is 24.3 Å². The summed E-state index contributed by atoms with van der Waals surface area (Å²) >= 11 is 1.05. The van der Waals surface area contributed by atoms with Crippen LogP contribution in [0, 0.1) is 18.3 Å². The predicted molar refractivity (Wildman–Crippen MR) is 54.8 cm³/mol. The molecule has 14 heavy (non-hydrogen) atoms. The van der Waals surface area contributed by atoms with E-state index in [0.29, 0.717) is 4.88 Å². The van der Waals surface area contributed by atoms with Gasteiger partial charge in [-0.25, -0.2) is 0 Å². The number of nitrogens with one attached hydrogen (secondary N) is 1. The first-order valence-corrected chi connectivity index (χ1v) is 4.97. The first kappa shape index (κ1) is 10.7. The number of rotatable bonds is 3. The zero-order chi connectivity index (χ0) is 10.6. The van der Waals surface area contributed by atoms with Crippen LogP contribution in [0.25, 0.3) is 0 Å². The van der Waals surface area contributed by atoms with Crippen LogP contribution in [0.3, 0.4) is 0 Å². The van der Waals surface area contributed by atoms with E-state index >= 15 is 0 Å². The SMILES string of the molecule is C#CC(NC(=O)c1cnns1)C(C)C. The van der Waals surface area contributed by atoms with Crippen molar-refractivity contribution in [2.45, 2.75) is 19.9 Å². The molecule has 1 amide bonds. The second-order valence-electron chi connectivity index (χ2n) is 3.14. The number of amides is 1. The molecule has 1 N–H and O–H groups in total. The summed E-state index contributed by atoms with van der Waals surface area (Å²) in [6, 6.07) is -0.246. The summed E-state index contributed by atoms with van der Waals surface area (Å²) in [5.41, 5.74) is 0. The topological polar surface area (TPSA) is 54.9 Å². The molecule has 0 aliphatic carbocycles. The Morgan fingerprint density at radius 2 is 2.43 bits per heavy atom. The van der Waals surface area contributed by atoms with Crippen LogP contribution < -0.4 is 5.32 Å².